The number of hydrogen-bond acceptors (Lipinski definition) is 5. The van der Waals surface area contributed by atoms with Crippen LogP contribution in [0.25, 0.3) is 11.0 Å². The second-order valence-electron chi connectivity index (χ2n) is 6.90. The molecule has 1 saturated heterocycles. The van der Waals surface area contributed by atoms with E-state index >= 15 is 0 Å². The van der Waals surface area contributed by atoms with Gasteiger partial charge in [-0.15, -0.1) is 0 Å². The Hall–Kier alpha value is -1.97. The second kappa shape index (κ2) is 7.95. The zero-order chi connectivity index (χ0) is 19.6. The van der Waals surface area contributed by atoms with Crippen LogP contribution in [0.3, 0.4) is 0 Å². The maximum atomic E-state index is 12.5. The first-order valence-corrected chi connectivity index (χ1v) is 10.8. The average Bonchev–Trinajstić information content (AvgIpc) is 2.96. The Kier molecular flexibility index (Phi) is 5.83. The number of nitrogens with zero attached hydrogens (tertiary/aromatic N) is 3. The Balaban J connectivity index is 1.82. The summed E-state index contributed by atoms with van der Waals surface area (Å²) in [6.07, 6.45) is 1.83. The summed E-state index contributed by atoms with van der Waals surface area (Å²) < 4.78 is 30.7. The lowest BCUT2D eigenvalue weighted by Gasteiger charge is -2.31. The van der Waals surface area contributed by atoms with Gasteiger partial charge in [0.15, 0.2) is 0 Å². The highest BCUT2D eigenvalue weighted by atomic mass is 32.2. The summed E-state index contributed by atoms with van der Waals surface area (Å²) in [5.41, 5.74) is 1.43. The number of hydrogen-bond donors (Lipinski definition) is 1. The number of fused-ring (bicyclic) bond motifs is 1. The van der Waals surface area contributed by atoms with Crippen molar-refractivity contribution >= 4 is 27.0 Å². The van der Waals surface area contributed by atoms with Crippen LogP contribution in [0, 0.1) is 0 Å². The van der Waals surface area contributed by atoms with Crippen molar-refractivity contribution in [3.8, 4) is 0 Å². The van der Waals surface area contributed by atoms with Gasteiger partial charge in [-0.3, -0.25) is 4.79 Å². The number of rotatable bonds is 6. The first kappa shape index (κ1) is 19.8. The minimum Gasteiger partial charge on any atom is -0.375 e. The lowest BCUT2D eigenvalue weighted by Crippen LogP contribution is -2.44. The summed E-state index contributed by atoms with van der Waals surface area (Å²) in [6, 6.07) is 4.72. The summed E-state index contributed by atoms with van der Waals surface area (Å²) in [5.74, 6) is 0.874. The van der Waals surface area contributed by atoms with Gasteiger partial charge in [0.2, 0.25) is 15.9 Å². The highest BCUT2D eigenvalue weighted by Gasteiger charge is 2.22. The molecule has 148 valence electrons. The van der Waals surface area contributed by atoms with Crippen LogP contribution >= 0.6 is 0 Å². The smallest absolute Gasteiger partial charge is 0.238 e. The fraction of sp³-hybridized carbons (Fsp3) is 0.556. The van der Waals surface area contributed by atoms with Gasteiger partial charge in [-0.05, 0) is 31.5 Å². The normalized spacial score (nSPS) is 18.2. The molecule has 1 aliphatic heterocycles. The van der Waals surface area contributed by atoms with Crippen LogP contribution < -0.4 is 5.14 Å². The van der Waals surface area contributed by atoms with Gasteiger partial charge in [-0.2, -0.15) is 0 Å². The van der Waals surface area contributed by atoms with Crippen molar-refractivity contribution in [3.63, 3.8) is 0 Å². The molecule has 1 fully saturated rings. The molecule has 2 N–H and O–H groups in total. The third-order valence-corrected chi connectivity index (χ3v) is 5.64. The fourth-order valence-electron chi connectivity index (χ4n) is 3.42. The molecule has 1 aromatic carbocycles. The van der Waals surface area contributed by atoms with E-state index in [0.717, 1.165) is 24.3 Å². The number of morpholine rings is 1. The quantitative estimate of drug-likeness (QED) is 0.794. The molecule has 0 radical (unpaired) electrons. The van der Waals surface area contributed by atoms with Crippen LogP contribution in [-0.2, 0) is 32.5 Å². The topological polar surface area (TPSA) is 108 Å². The Labute approximate surface area is 159 Å². The van der Waals surface area contributed by atoms with Gasteiger partial charge in [0.25, 0.3) is 0 Å². The Morgan fingerprint density at radius 3 is 2.85 bits per heavy atom. The molecule has 0 spiro atoms. The molecule has 2 aromatic rings. The van der Waals surface area contributed by atoms with Crippen molar-refractivity contribution in [1.82, 2.24) is 14.5 Å². The SMILES string of the molecule is CCCn1c(CCC(=O)N2CCO[C@@H](C)C2)nc2cc(S(N)(=O)=O)ccc21. The van der Waals surface area contributed by atoms with Crippen molar-refractivity contribution in [1.29, 1.82) is 0 Å². The number of amides is 1. The van der Waals surface area contributed by atoms with Crippen molar-refractivity contribution in [2.45, 2.75) is 50.7 Å². The minimum atomic E-state index is -3.78. The summed E-state index contributed by atoms with van der Waals surface area (Å²) in [7, 11) is -3.78. The molecule has 0 bridgehead atoms. The highest BCUT2D eigenvalue weighted by molar-refractivity contribution is 7.89. The van der Waals surface area contributed by atoms with Gasteiger partial charge in [0.05, 0.1) is 28.6 Å². The van der Waals surface area contributed by atoms with Crippen molar-refractivity contribution < 1.29 is 17.9 Å². The molecule has 8 nitrogen and oxygen atoms in total. The number of nitrogens with two attached hydrogens (primary N) is 1. The number of benzene rings is 1. The lowest BCUT2D eigenvalue weighted by atomic mass is 10.2. The third kappa shape index (κ3) is 4.48. The molecular formula is C18H26N4O4S. The van der Waals surface area contributed by atoms with E-state index in [1.54, 1.807) is 6.07 Å². The number of aromatic nitrogens is 2. The van der Waals surface area contributed by atoms with Crippen LogP contribution in [0.15, 0.2) is 23.1 Å². The van der Waals surface area contributed by atoms with Crippen LogP contribution in [0.4, 0.5) is 0 Å². The summed E-state index contributed by atoms with van der Waals surface area (Å²) in [6.45, 7) is 6.58. The minimum absolute atomic E-state index is 0.0427. The number of aryl methyl sites for hydroxylation is 2. The second-order valence-corrected chi connectivity index (χ2v) is 8.46. The first-order valence-electron chi connectivity index (χ1n) is 9.21. The van der Waals surface area contributed by atoms with Crippen LogP contribution in [-0.4, -0.2) is 54.6 Å². The van der Waals surface area contributed by atoms with Crippen LogP contribution in [0.1, 0.15) is 32.5 Å². The predicted molar refractivity (Wildman–Crippen MR) is 102 cm³/mol. The van der Waals surface area contributed by atoms with Gasteiger partial charge in [-0.25, -0.2) is 18.5 Å². The third-order valence-electron chi connectivity index (χ3n) is 4.73. The van der Waals surface area contributed by atoms with E-state index in [0.29, 0.717) is 38.1 Å². The highest BCUT2D eigenvalue weighted by Crippen LogP contribution is 2.21. The monoisotopic (exact) mass is 394 g/mol. The van der Waals surface area contributed by atoms with E-state index in [2.05, 4.69) is 16.5 Å². The summed E-state index contributed by atoms with van der Waals surface area (Å²) >= 11 is 0. The molecule has 1 aromatic heterocycles. The lowest BCUT2D eigenvalue weighted by molar-refractivity contribution is -0.138. The fourth-order valence-corrected chi connectivity index (χ4v) is 3.96. The van der Waals surface area contributed by atoms with Crippen molar-refractivity contribution in [2.75, 3.05) is 19.7 Å². The maximum absolute atomic E-state index is 12.5. The molecule has 27 heavy (non-hydrogen) atoms. The van der Waals surface area contributed by atoms with Crippen LogP contribution in [0.2, 0.25) is 0 Å². The molecule has 1 atom stereocenters. The standard InChI is InChI=1S/C18H26N4O4S/c1-3-8-22-16-5-4-14(27(19,24)25)11-15(16)20-17(22)6-7-18(23)21-9-10-26-13(2)12-21/h4-5,11,13H,3,6-10,12H2,1-2H3,(H2,19,24,25)/t13-/m0/s1. The zero-order valence-corrected chi connectivity index (χ0v) is 16.5. The van der Waals surface area contributed by atoms with Gasteiger partial charge >= 0.3 is 0 Å². The number of sulfonamides is 1. The van der Waals surface area contributed by atoms with Crippen molar-refractivity contribution in [3.05, 3.63) is 24.0 Å². The zero-order valence-electron chi connectivity index (χ0n) is 15.7. The number of imidazole rings is 1. The van der Waals surface area contributed by atoms with Gasteiger partial charge in [-0.1, -0.05) is 6.92 Å². The maximum Gasteiger partial charge on any atom is 0.238 e. The first-order chi connectivity index (χ1) is 12.8. The number of primary sulfonamides is 1. The number of carbonyl (C=O) groups is 1. The van der Waals surface area contributed by atoms with E-state index in [1.807, 2.05) is 11.8 Å². The van der Waals surface area contributed by atoms with E-state index in [4.69, 9.17) is 9.88 Å². The summed E-state index contributed by atoms with van der Waals surface area (Å²) in [4.78, 5) is 19.0. The van der Waals surface area contributed by atoms with Gasteiger partial charge in [0, 0.05) is 32.5 Å². The molecular weight excluding hydrogens is 368 g/mol. The van der Waals surface area contributed by atoms with E-state index < -0.39 is 10.0 Å². The van der Waals surface area contributed by atoms with Gasteiger partial charge in [0.1, 0.15) is 5.82 Å². The molecule has 1 amide bonds. The molecule has 3 rings (SSSR count). The van der Waals surface area contributed by atoms with E-state index in [9.17, 15) is 13.2 Å². The number of carbonyl (C=O) groups excluding carboxylic acids is 1. The largest absolute Gasteiger partial charge is 0.375 e. The van der Waals surface area contributed by atoms with E-state index in [-0.39, 0.29) is 16.9 Å². The Morgan fingerprint density at radius 2 is 2.19 bits per heavy atom. The molecule has 0 unspecified atom stereocenters. The molecule has 2 heterocycles. The molecule has 9 heteroatoms. The molecule has 0 aliphatic carbocycles. The Bertz CT molecular complexity index is 938. The number of ether oxygens (including phenoxy) is 1. The average molecular weight is 394 g/mol. The van der Waals surface area contributed by atoms with Crippen molar-refractivity contribution in [2.24, 2.45) is 5.14 Å². The molecule has 1 aliphatic rings. The Morgan fingerprint density at radius 1 is 1.41 bits per heavy atom. The molecule has 0 saturated carbocycles. The van der Waals surface area contributed by atoms with Gasteiger partial charge < -0.3 is 14.2 Å². The van der Waals surface area contributed by atoms with E-state index in [1.165, 1.54) is 12.1 Å². The predicted octanol–water partition coefficient (Wildman–Crippen LogP) is 1.27. The van der Waals surface area contributed by atoms with Crippen LogP contribution in [0.5, 0.6) is 0 Å². The summed E-state index contributed by atoms with van der Waals surface area (Å²) in [5, 5.41) is 5.22.